The quantitative estimate of drug-likeness (QED) is 0.699. The van der Waals surface area contributed by atoms with Crippen molar-refractivity contribution in [3.63, 3.8) is 0 Å². The van der Waals surface area contributed by atoms with Gasteiger partial charge in [-0.05, 0) is 24.5 Å². The second kappa shape index (κ2) is 9.61. The van der Waals surface area contributed by atoms with Crippen molar-refractivity contribution in [3.05, 3.63) is 30.1 Å². The number of hydrogen-bond acceptors (Lipinski definition) is 3. The normalized spacial score (nSPS) is 12.7. The van der Waals surface area contributed by atoms with E-state index in [1.165, 1.54) is 24.3 Å². The summed E-state index contributed by atoms with van der Waals surface area (Å²) in [5, 5.41) is 2.77. The smallest absolute Gasteiger partial charge is 0.240 e. The van der Waals surface area contributed by atoms with Crippen molar-refractivity contribution in [2.75, 3.05) is 23.7 Å². The average Bonchev–Trinajstić information content (AvgIpc) is 2.52. The minimum Gasteiger partial charge on any atom is -0.354 e. The molecule has 0 radical (unpaired) electrons. The minimum absolute atomic E-state index is 0.117. The molecule has 136 valence electrons. The van der Waals surface area contributed by atoms with Gasteiger partial charge in [0.05, 0.1) is 11.9 Å². The van der Waals surface area contributed by atoms with E-state index in [2.05, 4.69) is 19.2 Å². The van der Waals surface area contributed by atoms with Gasteiger partial charge in [-0.2, -0.15) is 0 Å². The Balaban J connectivity index is 2.75. The van der Waals surface area contributed by atoms with Gasteiger partial charge in [-0.3, -0.25) is 9.10 Å². The predicted molar refractivity (Wildman–Crippen MR) is 94.9 cm³/mol. The lowest BCUT2D eigenvalue weighted by Crippen LogP contribution is -2.42. The van der Waals surface area contributed by atoms with Crippen molar-refractivity contribution in [2.45, 2.75) is 39.5 Å². The van der Waals surface area contributed by atoms with Crippen LogP contribution in [0.2, 0.25) is 0 Å². The molecule has 0 bridgehead atoms. The maximum atomic E-state index is 13.9. The largest absolute Gasteiger partial charge is 0.354 e. The number of sulfonamides is 1. The molecule has 0 aliphatic heterocycles. The van der Waals surface area contributed by atoms with Gasteiger partial charge >= 0.3 is 0 Å². The summed E-state index contributed by atoms with van der Waals surface area (Å²) < 4.78 is 38.6. The Kier molecular flexibility index (Phi) is 8.18. The molecule has 0 saturated heterocycles. The second-order valence-corrected chi connectivity index (χ2v) is 7.85. The third kappa shape index (κ3) is 6.47. The lowest BCUT2D eigenvalue weighted by atomic mass is 9.99. The highest BCUT2D eigenvalue weighted by Gasteiger charge is 2.23. The second-order valence-electron chi connectivity index (χ2n) is 5.94. The molecule has 0 aliphatic carbocycles. The zero-order valence-electron chi connectivity index (χ0n) is 14.6. The van der Waals surface area contributed by atoms with E-state index < -0.39 is 28.3 Å². The molecule has 0 fully saturated rings. The number of anilines is 1. The predicted octanol–water partition coefficient (Wildman–Crippen LogP) is 2.92. The molecular weight excluding hydrogens is 331 g/mol. The minimum atomic E-state index is -3.76. The number of hydrogen-bond donors (Lipinski definition) is 1. The van der Waals surface area contributed by atoms with Crippen LogP contribution in [0.25, 0.3) is 0 Å². The molecule has 1 aromatic rings. The standard InChI is InChI=1S/C17H27FN2O3S/c1-4-6-9-14(5-2)12-19-17(21)13-20(24(3,22)23)16-11-8-7-10-15(16)18/h7-8,10-11,14H,4-6,9,12-13H2,1-3H3,(H,19,21)/t14-/m1/s1. The summed E-state index contributed by atoms with van der Waals surface area (Å²) in [6.07, 6.45) is 5.13. The first-order valence-electron chi connectivity index (χ1n) is 8.28. The fraction of sp³-hybridized carbons (Fsp3) is 0.588. The Morgan fingerprint density at radius 3 is 2.50 bits per heavy atom. The molecule has 0 heterocycles. The van der Waals surface area contributed by atoms with Crippen LogP contribution < -0.4 is 9.62 Å². The van der Waals surface area contributed by atoms with E-state index in [-0.39, 0.29) is 5.69 Å². The van der Waals surface area contributed by atoms with Gasteiger partial charge in [-0.1, -0.05) is 45.2 Å². The molecule has 0 aliphatic rings. The van der Waals surface area contributed by atoms with Crippen LogP contribution in [0.5, 0.6) is 0 Å². The summed E-state index contributed by atoms with van der Waals surface area (Å²) in [6, 6.07) is 5.52. The van der Waals surface area contributed by atoms with E-state index in [1.54, 1.807) is 0 Å². The van der Waals surface area contributed by atoms with E-state index in [0.717, 1.165) is 36.2 Å². The number of para-hydroxylation sites is 1. The van der Waals surface area contributed by atoms with Crippen molar-refractivity contribution in [3.8, 4) is 0 Å². The average molecular weight is 358 g/mol. The van der Waals surface area contributed by atoms with Gasteiger partial charge in [0.15, 0.2) is 0 Å². The summed E-state index contributed by atoms with van der Waals surface area (Å²) in [5.41, 5.74) is -0.117. The molecular formula is C17H27FN2O3S. The zero-order valence-corrected chi connectivity index (χ0v) is 15.4. The summed E-state index contributed by atoms with van der Waals surface area (Å²) in [6.45, 7) is 4.26. The Morgan fingerprint density at radius 2 is 1.96 bits per heavy atom. The number of nitrogens with zero attached hydrogens (tertiary/aromatic N) is 1. The molecule has 1 aromatic carbocycles. The molecule has 0 unspecified atom stereocenters. The molecule has 1 atom stereocenters. The molecule has 1 amide bonds. The number of unbranched alkanes of at least 4 members (excludes halogenated alkanes) is 1. The first-order valence-corrected chi connectivity index (χ1v) is 10.1. The molecule has 24 heavy (non-hydrogen) atoms. The third-order valence-electron chi connectivity index (χ3n) is 3.94. The number of amides is 1. The molecule has 1 N–H and O–H groups in total. The number of halogens is 1. The molecule has 7 heteroatoms. The Hall–Kier alpha value is -1.63. The molecule has 0 spiro atoms. The van der Waals surface area contributed by atoms with Crippen LogP contribution >= 0.6 is 0 Å². The number of benzene rings is 1. The van der Waals surface area contributed by atoms with Crippen LogP contribution in [0.15, 0.2) is 24.3 Å². The fourth-order valence-electron chi connectivity index (χ4n) is 2.42. The SMILES string of the molecule is CCCC[C@@H](CC)CNC(=O)CN(c1ccccc1F)S(C)(=O)=O. The van der Waals surface area contributed by atoms with E-state index >= 15 is 0 Å². The summed E-state index contributed by atoms with van der Waals surface area (Å²) in [7, 11) is -3.76. The van der Waals surface area contributed by atoms with Gasteiger partial charge in [-0.25, -0.2) is 12.8 Å². The topological polar surface area (TPSA) is 66.5 Å². The van der Waals surface area contributed by atoms with Gasteiger partial charge in [0.1, 0.15) is 12.4 Å². The lowest BCUT2D eigenvalue weighted by Gasteiger charge is -2.23. The van der Waals surface area contributed by atoms with Crippen molar-refractivity contribution in [1.29, 1.82) is 0 Å². The Labute approximate surface area is 144 Å². The number of nitrogens with one attached hydrogen (secondary N) is 1. The first kappa shape index (κ1) is 20.4. The highest BCUT2D eigenvalue weighted by atomic mass is 32.2. The van der Waals surface area contributed by atoms with Crippen LogP contribution in [-0.4, -0.2) is 33.7 Å². The Morgan fingerprint density at radius 1 is 1.29 bits per heavy atom. The van der Waals surface area contributed by atoms with Crippen LogP contribution in [-0.2, 0) is 14.8 Å². The van der Waals surface area contributed by atoms with Crippen molar-refractivity contribution < 1.29 is 17.6 Å². The molecule has 0 aromatic heterocycles. The van der Waals surface area contributed by atoms with Gasteiger partial charge in [0.25, 0.3) is 0 Å². The monoisotopic (exact) mass is 358 g/mol. The van der Waals surface area contributed by atoms with Gasteiger partial charge in [-0.15, -0.1) is 0 Å². The van der Waals surface area contributed by atoms with E-state index in [4.69, 9.17) is 0 Å². The van der Waals surface area contributed by atoms with E-state index in [9.17, 15) is 17.6 Å². The summed E-state index contributed by atoms with van der Waals surface area (Å²) >= 11 is 0. The first-order chi connectivity index (χ1) is 11.3. The van der Waals surface area contributed by atoms with Gasteiger partial charge in [0.2, 0.25) is 15.9 Å². The van der Waals surface area contributed by atoms with Crippen LogP contribution in [0.4, 0.5) is 10.1 Å². The molecule has 0 saturated carbocycles. The maximum Gasteiger partial charge on any atom is 0.240 e. The number of carbonyl (C=O) groups is 1. The number of rotatable bonds is 10. The highest BCUT2D eigenvalue weighted by molar-refractivity contribution is 7.92. The van der Waals surface area contributed by atoms with Crippen molar-refractivity contribution in [2.24, 2.45) is 5.92 Å². The van der Waals surface area contributed by atoms with Crippen LogP contribution in [0.1, 0.15) is 39.5 Å². The maximum absolute atomic E-state index is 13.9. The Bertz CT molecular complexity index is 634. The highest BCUT2D eigenvalue weighted by Crippen LogP contribution is 2.21. The number of carbonyl (C=O) groups excluding carboxylic acids is 1. The third-order valence-corrected chi connectivity index (χ3v) is 5.07. The van der Waals surface area contributed by atoms with Gasteiger partial charge in [0, 0.05) is 6.54 Å². The lowest BCUT2D eigenvalue weighted by molar-refractivity contribution is -0.119. The van der Waals surface area contributed by atoms with Crippen LogP contribution in [0, 0.1) is 11.7 Å². The zero-order chi connectivity index (χ0) is 18.2. The molecule has 5 nitrogen and oxygen atoms in total. The molecule has 1 rings (SSSR count). The van der Waals surface area contributed by atoms with E-state index in [0.29, 0.717) is 12.5 Å². The van der Waals surface area contributed by atoms with Crippen LogP contribution in [0.3, 0.4) is 0 Å². The summed E-state index contributed by atoms with van der Waals surface area (Å²) in [4.78, 5) is 12.1. The van der Waals surface area contributed by atoms with Gasteiger partial charge < -0.3 is 5.32 Å². The van der Waals surface area contributed by atoms with Crippen molar-refractivity contribution in [1.82, 2.24) is 5.32 Å². The fourth-order valence-corrected chi connectivity index (χ4v) is 3.28. The van der Waals surface area contributed by atoms with Crippen molar-refractivity contribution >= 4 is 21.6 Å². The summed E-state index contributed by atoms with van der Waals surface area (Å²) in [5.74, 6) is -0.738. The van der Waals surface area contributed by atoms with E-state index in [1.807, 2.05) is 0 Å².